The van der Waals surface area contributed by atoms with Gasteiger partial charge in [-0.2, -0.15) is 0 Å². The van der Waals surface area contributed by atoms with Crippen LogP contribution < -0.4 is 0 Å². The second-order valence-corrected chi connectivity index (χ2v) is 6.33. The minimum Gasteiger partial charge on any atom is -0.246 e. The molecule has 0 fully saturated rings. The lowest BCUT2D eigenvalue weighted by Crippen LogP contribution is -1.92. The summed E-state index contributed by atoms with van der Waals surface area (Å²) in [7, 11) is 0. The predicted octanol–water partition coefficient (Wildman–Crippen LogP) is 5.06. The Hall–Kier alpha value is -0.860. The molecule has 0 N–H and O–H groups in total. The van der Waals surface area contributed by atoms with Gasteiger partial charge in [0, 0.05) is 4.88 Å². The van der Waals surface area contributed by atoms with Crippen molar-refractivity contribution in [3.63, 3.8) is 0 Å². The van der Waals surface area contributed by atoms with Crippen molar-refractivity contribution in [1.82, 2.24) is 4.98 Å². The van der Waals surface area contributed by atoms with E-state index in [0.29, 0.717) is 0 Å². The summed E-state index contributed by atoms with van der Waals surface area (Å²) in [5, 5.41) is 1.36. The number of thiazole rings is 1. The molecule has 0 aliphatic heterocycles. The Morgan fingerprint density at radius 2 is 1.94 bits per heavy atom. The molecule has 96 valence electrons. The molecule has 0 aliphatic carbocycles. The highest BCUT2D eigenvalue weighted by atomic mass is 35.5. The van der Waals surface area contributed by atoms with Crippen molar-refractivity contribution in [2.24, 2.45) is 0 Å². The van der Waals surface area contributed by atoms with E-state index in [-0.39, 0.29) is 5.38 Å². The summed E-state index contributed by atoms with van der Waals surface area (Å²) in [5.41, 5.74) is 2.38. The zero-order valence-electron chi connectivity index (χ0n) is 10.8. The number of aromatic nitrogens is 1. The van der Waals surface area contributed by atoms with Crippen LogP contribution in [0.25, 0.3) is 0 Å². The van der Waals surface area contributed by atoms with E-state index in [1.165, 1.54) is 21.1 Å². The molecule has 2 aromatic rings. The van der Waals surface area contributed by atoms with Crippen LogP contribution in [0.2, 0.25) is 0 Å². The topological polar surface area (TPSA) is 12.9 Å². The molecule has 0 aliphatic rings. The number of halogens is 1. The monoisotopic (exact) mass is 279 g/mol. The fraction of sp³-hybridized carbons (Fsp3) is 0.400. The molecule has 1 nitrogen and oxygen atoms in total. The van der Waals surface area contributed by atoms with Gasteiger partial charge in [0.05, 0.1) is 16.1 Å². The van der Waals surface area contributed by atoms with E-state index in [9.17, 15) is 0 Å². The molecule has 1 atom stereocenters. The molecule has 0 saturated heterocycles. The maximum Gasteiger partial charge on any atom is 0.0930 e. The Bertz CT molecular complexity index is 473. The molecule has 1 aromatic carbocycles. The van der Waals surface area contributed by atoms with Crippen molar-refractivity contribution in [3.05, 3.63) is 51.5 Å². The van der Waals surface area contributed by atoms with Gasteiger partial charge in [-0.15, -0.1) is 22.9 Å². The number of hydrogen-bond donors (Lipinski definition) is 0. The molecule has 0 amide bonds. The maximum atomic E-state index is 6.39. The van der Waals surface area contributed by atoms with E-state index >= 15 is 0 Å². The van der Waals surface area contributed by atoms with Gasteiger partial charge in [-0.05, 0) is 38.7 Å². The van der Waals surface area contributed by atoms with Gasteiger partial charge in [0.25, 0.3) is 0 Å². The molecule has 0 bridgehead atoms. The summed E-state index contributed by atoms with van der Waals surface area (Å²) < 4.78 is 0. The second kappa shape index (κ2) is 6.35. The molecule has 1 heterocycles. The van der Waals surface area contributed by atoms with Crippen LogP contribution in [0.5, 0.6) is 0 Å². The van der Waals surface area contributed by atoms with Gasteiger partial charge in [0.15, 0.2) is 0 Å². The van der Waals surface area contributed by atoms with Crippen LogP contribution in [0.15, 0.2) is 30.3 Å². The Morgan fingerprint density at radius 1 is 1.22 bits per heavy atom. The van der Waals surface area contributed by atoms with Gasteiger partial charge in [0.2, 0.25) is 0 Å². The van der Waals surface area contributed by atoms with Crippen LogP contribution in [0, 0.1) is 13.8 Å². The first-order valence-electron chi connectivity index (χ1n) is 6.28. The lowest BCUT2D eigenvalue weighted by molar-refractivity contribution is 0.713. The van der Waals surface area contributed by atoms with Crippen LogP contribution in [-0.2, 0) is 6.42 Å². The third-order valence-electron chi connectivity index (χ3n) is 3.08. The molecular formula is C15H18ClNS. The summed E-state index contributed by atoms with van der Waals surface area (Å²) in [4.78, 5) is 5.88. The van der Waals surface area contributed by atoms with E-state index in [4.69, 9.17) is 11.6 Å². The molecule has 0 spiro atoms. The Kier molecular flexibility index (Phi) is 4.79. The predicted molar refractivity (Wildman–Crippen MR) is 79.6 cm³/mol. The van der Waals surface area contributed by atoms with E-state index in [2.05, 4.69) is 31.0 Å². The van der Waals surface area contributed by atoms with Crippen LogP contribution >= 0.6 is 22.9 Å². The van der Waals surface area contributed by atoms with E-state index < -0.39 is 0 Å². The highest BCUT2D eigenvalue weighted by molar-refractivity contribution is 7.11. The fourth-order valence-corrected chi connectivity index (χ4v) is 3.18. The zero-order chi connectivity index (χ0) is 13.0. The van der Waals surface area contributed by atoms with Crippen LogP contribution in [-0.4, -0.2) is 4.98 Å². The third-order valence-corrected chi connectivity index (χ3v) is 4.69. The van der Waals surface area contributed by atoms with Crippen LogP contribution in [0.4, 0.5) is 0 Å². The van der Waals surface area contributed by atoms with Crippen molar-refractivity contribution in [2.75, 3.05) is 0 Å². The summed E-state index contributed by atoms with van der Waals surface area (Å²) in [6.45, 7) is 4.20. The largest absolute Gasteiger partial charge is 0.246 e. The summed E-state index contributed by atoms with van der Waals surface area (Å²) in [6.07, 6.45) is 3.13. The normalized spacial score (nSPS) is 12.6. The van der Waals surface area contributed by atoms with Gasteiger partial charge in [-0.25, -0.2) is 4.98 Å². The number of aryl methyl sites for hydroxylation is 3. The molecule has 3 heteroatoms. The fourth-order valence-electron chi connectivity index (χ4n) is 1.91. The van der Waals surface area contributed by atoms with Crippen LogP contribution in [0.3, 0.4) is 0 Å². The minimum absolute atomic E-state index is 0.119. The highest BCUT2D eigenvalue weighted by Gasteiger charge is 2.08. The maximum absolute atomic E-state index is 6.39. The molecule has 1 unspecified atom stereocenters. The van der Waals surface area contributed by atoms with Gasteiger partial charge in [-0.3, -0.25) is 0 Å². The van der Waals surface area contributed by atoms with Gasteiger partial charge in [0.1, 0.15) is 0 Å². The van der Waals surface area contributed by atoms with E-state index in [1.54, 1.807) is 0 Å². The second-order valence-electron chi connectivity index (χ2n) is 4.52. The molecule has 0 radical (unpaired) electrons. The number of nitrogens with zero attached hydrogens (tertiary/aromatic N) is 1. The molecule has 1 aromatic heterocycles. The highest BCUT2D eigenvalue weighted by Crippen LogP contribution is 2.27. The first kappa shape index (κ1) is 13.6. The first-order chi connectivity index (χ1) is 8.66. The van der Waals surface area contributed by atoms with Crippen molar-refractivity contribution in [3.8, 4) is 0 Å². The average Bonchev–Trinajstić information content (AvgIpc) is 2.69. The lowest BCUT2D eigenvalue weighted by atomic mass is 10.1. The zero-order valence-corrected chi connectivity index (χ0v) is 12.4. The summed E-state index contributed by atoms with van der Waals surface area (Å²) in [5.74, 6) is 0. The van der Waals surface area contributed by atoms with Gasteiger partial charge in [-0.1, -0.05) is 30.3 Å². The summed E-state index contributed by atoms with van der Waals surface area (Å²) in [6, 6.07) is 10.3. The quantitative estimate of drug-likeness (QED) is 0.697. The molecule has 2 rings (SSSR count). The van der Waals surface area contributed by atoms with Crippen LogP contribution in [0.1, 0.15) is 39.4 Å². The van der Waals surface area contributed by atoms with E-state index in [0.717, 1.165) is 19.3 Å². The SMILES string of the molecule is Cc1nc(CCCC(Cl)c2ccccc2)sc1C. The molecule has 18 heavy (non-hydrogen) atoms. The lowest BCUT2D eigenvalue weighted by Gasteiger charge is -2.08. The van der Waals surface area contributed by atoms with Gasteiger partial charge >= 0.3 is 0 Å². The van der Waals surface area contributed by atoms with Crippen molar-refractivity contribution in [2.45, 2.75) is 38.5 Å². The number of hydrogen-bond acceptors (Lipinski definition) is 2. The number of rotatable bonds is 5. The van der Waals surface area contributed by atoms with E-state index in [1.807, 2.05) is 29.5 Å². The Labute approximate surface area is 118 Å². The molecular weight excluding hydrogens is 262 g/mol. The Morgan fingerprint density at radius 3 is 2.56 bits per heavy atom. The minimum atomic E-state index is 0.119. The Balaban J connectivity index is 1.82. The standard InChI is InChI=1S/C15H18ClNS/c1-11-12(2)18-15(17-11)10-6-9-14(16)13-7-4-3-5-8-13/h3-5,7-8,14H,6,9-10H2,1-2H3. The first-order valence-corrected chi connectivity index (χ1v) is 7.54. The average molecular weight is 280 g/mol. The van der Waals surface area contributed by atoms with Crippen molar-refractivity contribution >= 4 is 22.9 Å². The van der Waals surface area contributed by atoms with Crippen molar-refractivity contribution < 1.29 is 0 Å². The summed E-state index contributed by atoms with van der Waals surface area (Å²) >= 11 is 8.20. The van der Waals surface area contributed by atoms with Gasteiger partial charge < -0.3 is 0 Å². The third kappa shape index (κ3) is 3.56. The van der Waals surface area contributed by atoms with Crippen molar-refractivity contribution in [1.29, 1.82) is 0 Å². The molecule has 0 saturated carbocycles. The smallest absolute Gasteiger partial charge is 0.0930 e. The number of alkyl halides is 1. The number of benzene rings is 1.